The standard InChI is InChI=1S/C13H22N4O/c1-2-15-12-9-14-10-13(16-12)17(7-4-8-18)11-5-3-6-11/h9-11,18H,2-8H2,1H3,(H,15,16). The van der Waals surface area contributed by atoms with Crippen LogP contribution in [0.2, 0.25) is 0 Å². The van der Waals surface area contributed by atoms with Gasteiger partial charge < -0.3 is 15.3 Å². The highest BCUT2D eigenvalue weighted by atomic mass is 16.3. The first-order valence-corrected chi connectivity index (χ1v) is 6.78. The van der Waals surface area contributed by atoms with Crippen molar-refractivity contribution in [3.05, 3.63) is 12.4 Å². The molecule has 18 heavy (non-hydrogen) atoms. The van der Waals surface area contributed by atoms with Gasteiger partial charge in [0, 0.05) is 25.7 Å². The van der Waals surface area contributed by atoms with E-state index in [1.165, 1.54) is 19.3 Å². The fourth-order valence-electron chi connectivity index (χ4n) is 2.18. The number of hydrogen-bond acceptors (Lipinski definition) is 5. The lowest BCUT2D eigenvalue weighted by Crippen LogP contribution is -2.41. The molecule has 1 aromatic rings. The van der Waals surface area contributed by atoms with Crippen molar-refractivity contribution in [3.8, 4) is 0 Å². The van der Waals surface area contributed by atoms with E-state index in [-0.39, 0.29) is 6.61 Å². The largest absolute Gasteiger partial charge is 0.396 e. The summed E-state index contributed by atoms with van der Waals surface area (Å²) in [7, 11) is 0. The minimum absolute atomic E-state index is 0.226. The lowest BCUT2D eigenvalue weighted by atomic mass is 9.91. The quantitative estimate of drug-likeness (QED) is 0.770. The summed E-state index contributed by atoms with van der Waals surface area (Å²) in [4.78, 5) is 11.1. The van der Waals surface area contributed by atoms with E-state index in [0.29, 0.717) is 6.04 Å². The summed E-state index contributed by atoms with van der Waals surface area (Å²) in [5.74, 6) is 1.75. The Morgan fingerprint density at radius 1 is 1.44 bits per heavy atom. The third-order valence-corrected chi connectivity index (χ3v) is 3.35. The maximum Gasteiger partial charge on any atom is 0.149 e. The van der Waals surface area contributed by atoms with Gasteiger partial charge in [0.1, 0.15) is 11.6 Å². The third-order valence-electron chi connectivity index (χ3n) is 3.35. The first-order valence-electron chi connectivity index (χ1n) is 6.78. The van der Waals surface area contributed by atoms with Crippen LogP contribution in [-0.2, 0) is 0 Å². The van der Waals surface area contributed by atoms with Crippen LogP contribution >= 0.6 is 0 Å². The van der Waals surface area contributed by atoms with Gasteiger partial charge in [-0.1, -0.05) is 0 Å². The highest BCUT2D eigenvalue weighted by molar-refractivity contribution is 5.45. The van der Waals surface area contributed by atoms with Crippen molar-refractivity contribution < 1.29 is 5.11 Å². The van der Waals surface area contributed by atoms with Crippen LogP contribution in [0.15, 0.2) is 12.4 Å². The zero-order chi connectivity index (χ0) is 12.8. The van der Waals surface area contributed by atoms with Crippen molar-refractivity contribution in [2.24, 2.45) is 0 Å². The summed E-state index contributed by atoms with van der Waals surface area (Å²) in [6.07, 6.45) is 8.08. The Hall–Kier alpha value is -1.36. The highest BCUT2D eigenvalue weighted by Gasteiger charge is 2.25. The van der Waals surface area contributed by atoms with E-state index in [1.807, 2.05) is 13.1 Å². The molecule has 0 saturated heterocycles. The topological polar surface area (TPSA) is 61.3 Å². The van der Waals surface area contributed by atoms with Crippen molar-refractivity contribution >= 4 is 11.6 Å². The number of nitrogens with one attached hydrogen (secondary N) is 1. The number of hydrogen-bond donors (Lipinski definition) is 2. The van der Waals surface area contributed by atoms with E-state index in [9.17, 15) is 0 Å². The van der Waals surface area contributed by atoms with Crippen molar-refractivity contribution in [1.82, 2.24) is 9.97 Å². The molecule has 5 heteroatoms. The van der Waals surface area contributed by atoms with Gasteiger partial charge in [-0.2, -0.15) is 0 Å². The van der Waals surface area contributed by atoms with E-state index in [4.69, 9.17) is 5.11 Å². The summed E-state index contributed by atoms with van der Waals surface area (Å²) in [5.41, 5.74) is 0. The first-order chi connectivity index (χ1) is 8.85. The average molecular weight is 250 g/mol. The monoisotopic (exact) mass is 250 g/mol. The molecule has 1 heterocycles. The normalized spacial score (nSPS) is 15.2. The molecule has 2 rings (SSSR count). The average Bonchev–Trinajstić information content (AvgIpc) is 2.33. The summed E-state index contributed by atoms with van der Waals surface area (Å²) in [5, 5.41) is 12.2. The fourth-order valence-corrected chi connectivity index (χ4v) is 2.18. The van der Waals surface area contributed by atoms with Gasteiger partial charge in [-0.25, -0.2) is 4.98 Å². The van der Waals surface area contributed by atoms with Gasteiger partial charge in [-0.15, -0.1) is 0 Å². The lowest BCUT2D eigenvalue weighted by molar-refractivity contribution is 0.282. The summed E-state index contributed by atoms with van der Waals surface area (Å²) < 4.78 is 0. The lowest BCUT2D eigenvalue weighted by Gasteiger charge is -2.38. The van der Waals surface area contributed by atoms with Gasteiger partial charge >= 0.3 is 0 Å². The van der Waals surface area contributed by atoms with Crippen LogP contribution in [0.4, 0.5) is 11.6 Å². The molecule has 1 fully saturated rings. The molecule has 0 bridgehead atoms. The Morgan fingerprint density at radius 2 is 2.28 bits per heavy atom. The van der Waals surface area contributed by atoms with Gasteiger partial charge in [0.15, 0.2) is 0 Å². The van der Waals surface area contributed by atoms with Crippen molar-refractivity contribution in [1.29, 1.82) is 0 Å². The molecule has 2 N–H and O–H groups in total. The zero-order valence-electron chi connectivity index (χ0n) is 11.0. The summed E-state index contributed by atoms with van der Waals surface area (Å²) in [6.45, 7) is 3.97. The molecular formula is C13H22N4O. The molecule has 1 aromatic heterocycles. The SMILES string of the molecule is CCNc1cncc(N(CCCO)C2CCC2)n1. The maximum absolute atomic E-state index is 9.00. The number of anilines is 2. The molecule has 0 amide bonds. The van der Waals surface area contributed by atoms with Crippen molar-refractivity contribution in [3.63, 3.8) is 0 Å². The third kappa shape index (κ3) is 3.10. The molecule has 0 aliphatic heterocycles. The number of aliphatic hydroxyl groups is 1. The Kier molecular flexibility index (Phi) is 4.75. The molecule has 1 aliphatic carbocycles. The smallest absolute Gasteiger partial charge is 0.149 e. The van der Waals surface area contributed by atoms with Crippen LogP contribution in [0.5, 0.6) is 0 Å². The van der Waals surface area contributed by atoms with E-state index in [1.54, 1.807) is 6.20 Å². The van der Waals surface area contributed by atoms with Gasteiger partial charge in [0.05, 0.1) is 12.4 Å². The second-order valence-electron chi connectivity index (χ2n) is 4.65. The molecular weight excluding hydrogens is 228 g/mol. The Balaban J connectivity index is 2.10. The first kappa shape index (κ1) is 13.1. The summed E-state index contributed by atoms with van der Waals surface area (Å²) >= 11 is 0. The second kappa shape index (κ2) is 6.54. The predicted molar refractivity (Wildman–Crippen MR) is 72.9 cm³/mol. The number of rotatable bonds is 7. The Labute approximate surface area is 108 Å². The summed E-state index contributed by atoms with van der Waals surface area (Å²) in [6, 6.07) is 0.572. The van der Waals surface area contributed by atoms with Gasteiger partial charge in [0.2, 0.25) is 0 Å². The molecule has 0 unspecified atom stereocenters. The molecule has 0 radical (unpaired) electrons. The Bertz CT molecular complexity index is 368. The molecule has 0 atom stereocenters. The van der Waals surface area contributed by atoms with E-state index >= 15 is 0 Å². The molecule has 0 spiro atoms. The van der Waals surface area contributed by atoms with Gasteiger partial charge in [-0.3, -0.25) is 4.98 Å². The van der Waals surface area contributed by atoms with Crippen LogP contribution in [-0.4, -0.2) is 40.8 Å². The van der Waals surface area contributed by atoms with Crippen molar-refractivity contribution in [2.45, 2.75) is 38.6 Å². The molecule has 100 valence electrons. The van der Waals surface area contributed by atoms with E-state index in [2.05, 4.69) is 20.2 Å². The van der Waals surface area contributed by atoms with Gasteiger partial charge in [-0.05, 0) is 32.6 Å². The highest BCUT2D eigenvalue weighted by Crippen LogP contribution is 2.28. The van der Waals surface area contributed by atoms with E-state index < -0.39 is 0 Å². The maximum atomic E-state index is 9.00. The number of aromatic nitrogens is 2. The van der Waals surface area contributed by atoms with Crippen LogP contribution < -0.4 is 10.2 Å². The second-order valence-corrected chi connectivity index (χ2v) is 4.65. The van der Waals surface area contributed by atoms with Crippen LogP contribution in [0.1, 0.15) is 32.6 Å². The van der Waals surface area contributed by atoms with Crippen LogP contribution in [0, 0.1) is 0 Å². The van der Waals surface area contributed by atoms with Crippen molar-refractivity contribution in [2.75, 3.05) is 29.9 Å². The number of aliphatic hydroxyl groups excluding tert-OH is 1. The number of nitrogens with zero attached hydrogens (tertiary/aromatic N) is 3. The minimum atomic E-state index is 0.226. The van der Waals surface area contributed by atoms with E-state index in [0.717, 1.165) is 31.1 Å². The molecule has 5 nitrogen and oxygen atoms in total. The van der Waals surface area contributed by atoms with Gasteiger partial charge in [0.25, 0.3) is 0 Å². The molecule has 0 aromatic carbocycles. The predicted octanol–water partition coefficient (Wildman–Crippen LogP) is 1.65. The van der Waals surface area contributed by atoms with Crippen LogP contribution in [0.25, 0.3) is 0 Å². The Morgan fingerprint density at radius 3 is 2.89 bits per heavy atom. The molecule has 1 aliphatic rings. The fraction of sp³-hybridized carbons (Fsp3) is 0.692. The minimum Gasteiger partial charge on any atom is -0.396 e. The molecule has 1 saturated carbocycles. The van der Waals surface area contributed by atoms with Crippen LogP contribution in [0.3, 0.4) is 0 Å². The zero-order valence-corrected chi connectivity index (χ0v) is 11.0.